The molecule has 0 bridgehead atoms. The molecule has 0 amide bonds. The van der Waals surface area contributed by atoms with E-state index in [0.29, 0.717) is 24.1 Å². The molecule has 0 aliphatic heterocycles. The van der Waals surface area contributed by atoms with Crippen molar-refractivity contribution in [2.45, 2.75) is 27.2 Å². The highest BCUT2D eigenvalue weighted by molar-refractivity contribution is 6.18. The first-order valence-electron chi connectivity index (χ1n) is 6.69. The van der Waals surface area contributed by atoms with Gasteiger partial charge in [0.2, 0.25) is 0 Å². The highest BCUT2D eigenvalue weighted by atomic mass is 16.3. The monoisotopic (exact) mass is 271 g/mol. The van der Waals surface area contributed by atoms with Gasteiger partial charge in [-0.1, -0.05) is 0 Å². The van der Waals surface area contributed by atoms with Crippen molar-refractivity contribution in [3.63, 3.8) is 0 Å². The molecule has 1 aromatic carbocycles. The highest BCUT2D eigenvalue weighted by Crippen LogP contribution is 2.36. The Morgan fingerprint density at radius 1 is 1.05 bits per heavy atom. The van der Waals surface area contributed by atoms with E-state index in [-0.39, 0.29) is 5.78 Å². The molecule has 3 rings (SSSR count). The molecule has 20 heavy (non-hydrogen) atoms. The summed E-state index contributed by atoms with van der Waals surface area (Å²) in [5, 5.41) is 1.75. The van der Waals surface area contributed by atoms with Crippen molar-refractivity contribution in [1.29, 1.82) is 0 Å². The number of benzene rings is 1. The van der Waals surface area contributed by atoms with Gasteiger partial charge in [0.05, 0.1) is 5.56 Å². The lowest BCUT2D eigenvalue weighted by Gasteiger charge is -2.05. The number of carbonyl (C=O) groups is 1. The Kier molecular flexibility index (Phi) is 2.91. The van der Waals surface area contributed by atoms with Gasteiger partial charge in [0.25, 0.3) is 0 Å². The van der Waals surface area contributed by atoms with E-state index in [0.717, 1.165) is 33.4 Å². The molecule has 0 aliphatic carbocycles. The summed E-state index contributed by atoms with van der Waals surface area (Å²) in [5.74, 6) is 1.57. The number of rotatable bonds is 3. The molecular weight excluding hydrogens is 254 g/mol. The summed E-state index contributed by atoms with van der Waals surface area (Å²) in [7, 11) is 0. The van der Waals surface area contributed by atoms with Gasteiger partial charge in [0.1, 0.15) is 22.7 Å². The normalized spacial score (nSPS) is 11.6. The van der Waals surface area contributed by atoms with Crippen LogP contribution < -0.4 is 5.73 Å². The minimum absolute atomic E-state index is 0.00218. The third-order valence-corrected chi connectivity index (χ3v) is 3.60. The number of ketones is 1. The van der Waals surface area contributed by atoms with Gasteiger partial charge >= 0.3 is 0 Å². The second-order valence-corrected chi connectivity index (χ2v) is 5.16. The van der Waals surface area contributed by atoms with Crippen molar-refractivity contribution in [2.75, 3.05) is 6.54 Å². The summed E-state index contributed by atoms with van der Waals surface area (Å²) in [6, 6.07) is 3.84. The van der Waals surface area contributed by atoms with Gasteiger partial charge in [-0.15, -0.1) is 0 Å². The van der Waals surface area contributed by atoms with Crippen LogP contribution >= 0.6 is 0 Å². The fourth-order valence-electron chi connectivity index (χ4n) is 2.73. The van der Waals surface area contributed by atoms with Crippen LogP contribution in [0.15, 0.2) is 21.0 Å². The number of hydrogen-bond acceptors (Lipinski definition) is 4. The van der Waals surface area contributed by atoms with Crippen LogP contribution in [0, 0.1) is 20.8 Å². The zero-order valence-electron chi connectivity index (χ0n) is 11.9. The minimum atomic E-state index is -0.00218. The SMILES string of the molecule is Cc1cc2c(C(=O)CCN)c3oc(C)cc3c(C)c2o1. The predicted molar refractivity (Wildman–Crippen MR) is 78.2 cm³/mol. The van der Waals surface area contributed by atoms with Crippen molar-refractivity contribution in [3.8, 4) is 0 Å². The Balaban J connectivity index is 2.48. The molecule has 0 radical (unpaired) electrons. The summed E-state index contributed by atoms with van der Waals surface area (Å²) < 4.78 is 11.5. The topological polar surface area (TPSA) is 69.4 Å². The maximum atomic E-state index is 12.4. The van der Waals surface area contributed by atoms with Crippen molar-refractivity contribution < 1.29 is 13.6 Å². The van der Waals surface area contributed by atoms with Crippen LogP contribution in [0.5, 0.6) is 0 Å². The molecule has 2 N–H and O–H groups in total. The van der Waals surface area contributed by atoms with Crippen LogP contribution in [0.1, 0.15) is 33.9 Å². The van der Waals surface area contributed by atoms with E-state index in [2.05, 4.69) is 0 Å². The van der Waals surface area contributed by atoms with Crippen molar-refractivity contribution in [2.24, 2.45) is 5.73 Å². The van der Waals surface area contributed by atoms with Gasteiger partial charge in [-0.05, 0) is 39.4 Å². The van der Waals surface area contributed by atoms with Gasteiger partial charge in [0, 0.05) is 22.8 Å². The summed E-state index contributed by atoms with van der Waals surface area (Å²) in [6.45, 7) is 6.07. The number of Topliss-reactive ketones (excluding diaryl/α,β-unsaturated/α-hetero) is 1. The van der Waals surface area contributed by atoms with Crippen LogP contribution in [0.3, 0.4) is 0 Å². The van der Waals surface area contributed by atoms with E-state index < -0.39 is 0 Å². The molecule has 0 saturated carbocycles. The average molecular weight is 271 g/mol. The number of hydrogen-bond donors (Lipinski definition) is 1. The molecule has 0 atom stereocenters. The smallest absolute Gasteiger partial charge is 0.168 e. The third kappa shape index (κ3) is 1.76. The van der Waals surface area contributed by atoms with Gasteiger partial charge in [-0.2, -0.15) is 0 Å². The van der Waals surface area contributed by atoms with Crippen LogP contribution in [0.25, 0.3) is 21.9 Å². The van der Waals surface area contributed by atoms with Crippen molar-refractivity contribution in [3.05, 3.63) is 34.8 Å². The first-order chi connectivity index (χ1) is 9.52. The van der Waals surface area contributed by atoms with Crippen LogP contribution in [0.2, 0.25) is 0 Å². The lowest BCUT2D eigenvalue weighted by Crippen LogP contribution is -2.09. The van der Waals surface area contributed by atoms with Gasteiger partial charge in [-0.3, -0.25) is 4.79 Å². The quantitative estimate of drug-likeness (QED) is 0.738. The Hall–Kier alpha value is -2.07. The predicted octanol–water partition coefficient (Wildman–Crippen LogP) is 3.64. The Bertz CT molecular complexity index is 766. The standard InChI is InChI=1S/C16H17NO3/c1-8-6-11-10(3)15-12(7-9(2)19-15)14(16(11)20-8)13(18)4-5-17/h6-7H,4-5,17H2,1-3H3. The summed E-state index contributed by atoms with van der Waals surface area (Å²) >= 11 is 0. The third-order valence-electron chi connectivity index (χ3n) is 3.60. The zero-order chi connectivity index (χ0) is 14.4. The van der Waals surface area contributed by atoms with Gasteiger partial charge in [-0.25, -0.2) is 0 Å². The Morgan fingerprint density at radius 3 is 2.30 bits per heavy atom. The lowest BCUT2D eigenvalue weighted by atomic mass is 9.98. The summed E-state index contributed by atoms with van der Waals surface area (Å²) in [4.78, 5) is 12.4. The highest BCUT2D eigenvalue weighted by Gasteiger charge is 2.22. The molecule has 0 unspecified atom stereocenters. The molecule has 0 fully saturated rings. The number of furan rings is 2. The van der Waals surface area contributed by atoms with E-state index >= 15 is 0 Å². The first-order valence-corrected chi connectivity index (χ1v) is 6.69. The van der Waals surface area contributed by atoms with Gasteiger partial charge < -0.3 is 14.6 Å². The minimum Gasteiger partial charge on any atom is -0.461 e. The molecule has 2 heterocycles. The molecule has 0 saturated heterocycles. The van der Waals surface area contributed by atoms with Crippen molar-refractivity contribution >= 4 is 27.7 Å². The zero-order valence-corrected chi connectivity index (χ0v) is 11.9. The number of nitrogens with two attached hydrogens (primary N) is 1. The lowest BCUT2D eigenvalue weighted by molar-refractivity contribution is 0.0987. The Labute approximate surface area is 116 Å². The number of fused-ring (bicyclic) bond motifs is 2. The number of aryl methyl sites for hydroxylation is 3. The maximum Gasteiger partial charge on any atom is 0.168 e. The molecule has 4 heteroatoms. The first kappa shape index (κ1) is 12.9. The van der Waals surface area contributed by atoms with Crippen LogP contribution in [-0.2, 0) is 0 Å². The Morgan fingerprint density at radius 2 is 1.65 bits per heavy atom. The second-order valence-electron chi connectivity index (χ2n) is 5.16. The molecule has 3 aromatic rings. The van der Waals surface area contributed by atoms with E-state index in [9.17, 15) is 4.79 Å². The molecular formula is C16H17NO3. The van der Waals surface area contributed by atoms with Crippen LogP contribution in [0.4, 0.5) is 0 Å². The van der Waals surface area contributed by atoms with Crippen molar-refractivity contribution in [1.82, 2.24) is 0 Å². The number of carbonyl (C=O) groups excluding carboxylic acids is 1. The van der Waals surface area contributed by atoms with Crippen LogP contribution in [-0.4, -0.2) is 12.3 Å². The molecule has 0 spiro atoms. The van der Waals surface area contributed by atoms with E-state index in [1.165, 1.54) is 0 Å². The molecule has 4 nitrogen and oxygen atoms in total. The maximum absolute atomic E-state index is 12.4. The average Bonchev–Trinajstić information content (AvgIpc) is 2.93. The summed E-state index contributed by atoms with van der Waals surface area (Å²) in [5.41, 5.74) is 8.52. The van der Waals surface area contributed by atoms with E-state index in [4.69, 9.17) is 14.6 Å². The molecule has 104 valence electrons. The fraction of sp³-hybridized carbons (Fsp3) is 0.312. The largest absolute Gasteiger partial charge is 0.461 e. The van der Waals surface area contributed by atoms with E-state index in [1.807, 2.05) is 32.9 Å². The second kappa shape index (κ2) is 4.49. The molecule has 0 aliphatic rings. The summed E-state index contributed by atoms with van der Waals surface area (Å²) in [6.07, 6.45) is 0.303. The fourth-order valence-corrected chi connectivity index (χ4v) is 2.73. The van der Waals surface area contributed by atoms with E-state index in [1.54, 1.807) is 0 Å². The molecule has 2 aromatic heterocycles. The van der Waals surface area contributed by atoms with Gasteiger partial charge in [0.15, 0.2) is 5.78 Å².